The average Bonchev–Trinajstić information content (AvgIpc) is 2.19. The highest BCUT2D eigenvalue weighted by atomic mass is 32.2. The average molecular weight is 232 g/mol. The van der Waals surface area contributed by atoms with Crippen LogP contribution in [0.2, 0.25) is 0 Å². The quantitative estimate of drug-likeness (QED) is 0.737. The Morgan fingerprint density at radius 1 is 1.36 bits per heavy atom. The van der Waals surface area contributed by atoms with Crippen molar-refractivity contribution in [1.82, 2.24) is 0 Å². The Bertz CT molecular complexity index is 195. The van der Waals surface area contributed by atoms with Crippen LogP contribution in [0.25, 0.3) is 0 Å². The van der Waals surface area contributed by atoms with E-state index in [0.717, 1.165) is 24.3 Å². The van der Waals surface area contributed by atoms with Crippen molar-refractivity contribution in [3.05, 3.63) is 0 Å². The number of hydrogen-bond donors (Lipinski definition) is 0. The molecular weight excluding hydrogens is 212 g/mol. The Morgan fingerprint density at radius 3 is 2.36 bits per heavy atom. The maximum atomic E-state index is 12.1. The van der Waals surface area contributed by atoms with Crippen LogP contribution in [0.4, 0.5) is 0 Å². The molecule has 1 heterocycles. The van der Waals surface area contributed by atoms with Crippen LogP contribution in [0.15, 0.2) is 0 Å². The first-order valence-corrected chi connectivity index (χ1v) is 7.41. The molecule has 0 amide bonds. The summed E-state index contributed by atoms with van der Waals surface area (Å²) in [5.74, 6) is 3.22. The molecule has 0 aliphatic carbocycles. The molecule has 0 aromatic heterocycles. The topological polar surface area (TPSA) is 17.1 Å². The van der Waals surface area contributed by atoms with E-state index in [2.05, 4.69) is 20.8 Å². The lowest BCUT2D eigenvalue weighted by Gasteiger charge is -2.38. The van der Waals surface area contributed by atoms with Crippen LogP contribution in [0.5, 0.6) is 0 Å². The first kappa shape index (κ1) is 12.4. The molecule has 1 aliphatic rings. The van der Waals surface area contributed by atoms with Crippen molar-refractivity contribution in [3.63, 3.8) is 0 Å². The second-order valence-corrected chi connectivity index (χ2v) is 6.99. The molecule has 1 aliphatic heterocycles. The Hall–Kier alpha value is 0.370. The summed E-state index contributed by atoms with van der Waals surface area (Å²) in [7, 11) is 0. The van der Waals surface area contributed by atoms with Crippen LogP contribution >= 0.6 is 23.5 Å². The van der Waals surface area contributed by atoms with E-state index < -0.39 is 0 Å². The van der Waals surface area contributed by atoms with Gasteiger partial charge in [-0.25, -0.2) is 0 Å². The van der Waals surface area contributed by atoms with E-state index in [4.69, 9.17) is 0 Å². The van der Waals surface area contributed by atoms with E-state index in [1.165, 1.54) is 6.42 Å². The summed E-state index contributed by atoms with van der Waals surface area (Å²) in [5.41, 5.74) is 0. The van der Waals surface area contributed by atoms with Crippen molar-refractivity contribution in [2.45, 2.75) is 44.1 Å². The smallest absolute Gasteiger partial charge is 0.159 e. The van der Waals surface area contributed by atoms with Crippen LogP contribution in [0.1, 0.15) is 40.0 Å². The van der Waals surface area contributed by atoms with Gasteiger partial charge in [-0.05, 0) is 30.3 Å². The van der Waals surface area contributed by atoms with Crippen molar-refractivity contribution in [2.75, 3.05) is 11.5 Å². The van der Waals surface area contributed by atoms with Gasteiger partial charge < -0.3 is 0 Å². The molecule has 82 valence electrons. The lowest BCUT2D eigenvalue weighted by Crippen LogP contribution is -2.39. The van der Waals surface area contributed by atoms with Gasteiger partial charge in [-0.15, -0.1) is 23.5 Å². The molecule has 1 rings (SSSR count). The van der Waals surface area contributed by atoms with Gasteiger partial charge in [-0.2, -0.15) is 0 Å². The number of carbonyl (C=O) groups is 1. The molecule has 14 heavy (non-hydrogen) atoms. The molecule has 1 saturated heterocycles. The van der Waals surface area contributed by atoms with E-state index in [9.17, 15) is 4.79 Å². The molecule has 0 bridgehead atoms. The summed E-state index contributed by atoms with van der Waals surface area (Å²) in [6.07, 6.45) is 2.98. The number of carbonyl (C=O) groups excluding carboxylic acids is 1. The van der Waals surface area contributed by atoms with Gasteiger partial charge in [0, 0.05) is 6.42 Å². The van der Waals surface area contributed by atoms with Gasteiger partial charge in [-0.1, -0.05) is 20.8 Å². The Kier molecular flexibility index (Phi) is 4.84. The van der Waals surface area contributed by atoms with Crippen LogP contribution in [-0.2, 0) is 4.79 Å². The normalized spacial score (nSPS) is 21.1. The predicted molar refractivity (Wildman–Crippen MR) is 67.0 cm³/mol. The summed E-state index contributed by atoms with van der Waals surface area (Å²) < 4.78 is -0.117. The van der Waals surface area contributed by atoms with Crippen molar-refractivity contribution in [2.24, 2.45) is 5.92 Å². The van der Waals surface area contributed by atoms with E-state index in [-0.39, 0.29) is 4.08 Å². The van der Waals surface area contributed by atoms with E-state index in [1.54, 1.807) is 0 Å². The molecule has 0 unspecified atom stereocenters. The third kappa shape index (κ3) is 2.48. The minimum Gasteiger partial charge on any atom is -0.297 e. The summed E-state index contributed by atoms with van der Waals surface area (Å²) in [6, 6.07) is 0. The minimum absolute atomic E-state index is 0.117. The monoisotopic (exact) mass is 232 g/mol. The highest BCUT2D eigenvalue weighted by Crippen LogP contribution is 2.48. The lowest BCUT2D eigenvalue weighted by molar-refractivity contribution is -0.120. The molecule has 1 nitrogen and oxygen atoms in total. The van der Waals surface area contributed by atoms with Gasteiger partial charge in [0.25, 0.3) is 0 Å². The molecule has 0 spiro atoms. The van der Waals surface area contributed by atoms with E-state index in [1.807, 2.05) is 23.5 Å². The zero-order valence-corrected chi connectivity index (χ0v) is 11.0. The van der Waals surface area contributed by atoms with Crippen molar-refractivity contribution in [1.29, 1.82) is 0 Å². The number of rotatable bonds is 4. The first-order chi connectivity index (χ1) is 6.63. The third-order valence-corrected chi connectivity index (χ3v) is 6.50. The maximum Gasteiger partial charge on any atom is 0.159 e. The Morgan fingerprint density at radius 2 is 1.93 bits per heavy atom. The standard InChI is InChI=1S/C11H20OS2/c1-4-6-10(12)11(9(2)3)13-7-5-8-14-11/h9H,4-8H2,1-3H3. The molecule has 0 aromatic rings. The number of hydrogen-bond acceptors (Lipinski definition) is 3. The van der Waals surface area contributed by atoms with Gasteiger partial charge in [0.1, 0.15) is 4.08 Å². The van der Waals surface area contributed by atoms with Crippen molar-refractivity contribution < 1.29 is 4.79 Å². The van der Waals surface area contributed by atoms with Gasteiger partial charge in [0.15, 0.2) is 5.78 Å². The number of thioether (sulfide) groups is 2. The Balaban J connectivity index is 2.74. The zero-order valence-electron chi connectivity index (χ0n) is 9.34. The molecule has 0 atom stereocenters. The lowest BCUT2D eigenvalue weighted by atomic mass is 10.0. The SMILES string of the molecule is CCCC(=O)C1(C(C)C)SCCCS1. The highest BCUT2D eigenvalue weighted by Gasteiger charge is 2.42. The van der Waals surface area contributed by atoms with Gasteiger partial charge in [0.2, 0.25) is 0 Å². The summed E-state index contributed by atoms with van der Waals surface area (Å²) in [5, 5.41) is 0. The molecule has 1 fully saturated rings. The number of ketones is 1. The molecule has 3 heteroatoms. The molecule has 0 N–H and O–H groups in total. The van der Waals surface area contributed by atoms with Gasteiger partial charge >= 0.3 is 0 Å². The number of Topliss-reactive ketones (excluding diaryl/α,β-unsaturated/α-hetero) is 1. The van der Waals surface area contributed by atoms with Crippen molar-refractivity contribution in [3.8, 4) is 0 Å². The van der Waals surface area contributed by atoms with Crippen LogP contribution in [0, 0.1) is 5.92 Å². The molecule has 0 saturated carbocycles. The molecule has 0 aromatic carbocycles. The summed E-state index contributed by atoms with van der Waals surface area (Å²) in [4.78, 5) is 12.1. The second-order valence-electron chi connectivity index (χ2n) is 4.05. The fourth-order valence-electron chi connectivity index (χ4n) is 1.77. The molecular formula is C11H20OS2. The Labute approximate surface area is 95.8 Å². The van der Waals surface area contributed by atoms with E-state index >= 15 is 0 Å². The van der Waals surface area contributed by atoms with Crippen LogP contribution in [-0.4, -0.2) is 21.4 Å². The van der Waals surface area contributed by atoms with Gasteiger partial charge in [-0.3, -0.25) is 4.79 Å². The zero-order chi connectivity index (χ0) is 10.6. The van der Waals surface area contributed by atoms with E-state index in [0.29, 0.717) is 11.7 Å². The van der Waals surface area contributed by atoms with Crippen LogP contribution in [0.3, 0.4) is 0 Å². The van der Waals surface area contributed by atoms with Crippen molar-refractivity contribution >= 4 is 29.3 Å². The second kappa shape index (κ2) is 5.45. The fourth-order valence-corrected chi connectivity index (χ4v) is 5.16. The predicted octanol–water partition coefficient (Wildman–Crippen LogP) is 3.58. The minimum atomic E-state index is -0.117. The van der Waals surface area contributed by atoms with Gasteiger partial charge in [0.05, 0.1) is 0 Å². The highest BCUT2D eigenvalue weighted by molar-refractivity contribution is 8.19. The fraction of sp³-hybridized carbons (Fsp3) is 0.909. The largest absolute Gasteiger partial charge is 0.297 e. The summed E-state index contributed by atoms with van der Waals surface area (Å²) >= 11 is 3.76. The van der Waals surface area contributed by atoms with Crippen LogP contribution < -0.4 is 0 Å². The summed E-state index contributed by atoms with van der Waals surface area (Å²) in [6.45, 7) is 6.45. The molecule has 0 radical (unpaired) electrons. The first-order valence-electron chi connectivity index (χ1n) is 5.44. The third-order valence-electron chi connectivity index (χ3n) is 2.55. The maximum absolute atomic E-state index is 12.1.